The zero-order chi connectivity index (χ0) is 20.2. The van der Waals surface area contributed by atoms with Crippen LogP contribution in [0.2, 0.25) is 0 Å². The third-order valence-corrected chi connectivity index (χ3v) is 4.86. The Kier molecular flexibility index (Phi) is 5.33. The quantitative estimate of drug-likeness (QED) is 0.691. The van der Waals surface area contributed by atoms with Gasteiger partial charge in [-0.15, -0.1) is 0 Å². The van der Waals surface area contributed by atoms with E-state index in [2.05, 4.69) is 25.6 Å². The van der Waals surface area contributed by atoms with Gasteiger partial charge in [0.2, 0.25) is 0 Å². The molecular weight excluding hydrogens is 366 g/mol. The molecule has 4 rings (SSSR count). The summed E-state index contributed by atoms with van der Waals surface area (Å²) in [7, 11) is 0. The van der Waals surface area contributed by atoms with E-state index in [9.17, 15) is 4.79 Å². The first-order valence-electron chi connectivity index (χ1n) is 9.65. The van der Waals surface area contributed by atoms with Crippen molar-refractivity contribution in [3.63, 3.8) is 0 Å². The van der Waals surface area contributed by atoms with Gasteiger partial charge in [-0.25, -0.2) is 19.7 Å². The third kappa shape index (κ3) is 4.16. The van der Waals surface area contributed by atoms with Gasteiger partial charge in [-0.1, -0.05) is 0 Å². The molecule has 0 spiro atoms. The fraction of sp³-hybridized carbons (Fsp3) is 0.286. The molecule has 1 aliphatic heterocycles. The maximum absolute atomic E-state index is 13.2. The van der Waals surface area contributed by atoms with E-state index in [-0.39, 0.29) is 12.1 Å². The molecule has 0 aliphatic carbocycles. The van der Waals surface area contributed by atoms with Gasteiger partial charge >= 0.3 is 6.03 Å². The van der Waals surface area contributed by atoms with Crippen LogP contribution < -0.4 is 15.5 Å². The number of nitrogens with zero attached hydrogens (tertiary/aromatic N) is 5. The minimum Gasteiger partial charge on any atom is -0.382 e. The van der Waals surface area contributed by atoms with Crippen molar-refractivity contribution in [1.82, 2.24) is 19.9 Å². The molecule has 0 unspecified atom stereocenters. The largest absolute Gasteiger partial charge is 0.382 e. The molecule has 8 nitrogen and oxygen atoms in total. The molecule has 0 saturated heterocycles. The lowest BCUT2D eigenvalue weighted by Gasteiger charge is -2.32. The molecule has 0 bridgehead atoms. The Balaban J connectivity index is 1.74. The van der Waals surface area contributed by atoms with Crippen molar-refractivity contribution in [3.05, 3.63) is 54.7 Å². The maximum atomic E-state index is 13.2. The molecule has 0 saturated carbocycles. The smallest absolute Gasteiger partial charge is 0.328 e. The second kappa shape index (κ2) is 8.22. The van der Waals surface area contributed by atoms with Gasteiger partial charge in [-0.05, 0) is 56.5 Å². The Morgan fingerprint density at radius 1 is 1.24 bits per heavy atom. The summed E-state index contributed by atoms with van der Waals surface area (Å²) in [6.45, 7) is 4.87. The standard InChI is InChI=1S/C21H23N7O/c1-14-10-16(12-23-11-14)17-5-6-18-20(26-17)28(15(2)4-3-8-24-18)21(29)27-19-7-9-22-13-25-19/h5-7,9-13,15,24H,3-4,8H2,1-2H3,(H,22,25,27,29)/t15-/m1/s1. The number of anilines is 3. The first-order chi connectivity index (χ1) is 14.1. The van der Waals surface area contributed by atoms with Gasteiger partial charge in [-0.3, -0.25) is 15.2 Å². The van der Waals surface area contributed by atoms with Gasteiger partial charge in [0, 0.05) is 36.7 Å². The summed E-state index contributed by atoms with van der Waals surface area (Å²) >= 11 is 0. The number of rotatable bonds is 2. The highest BCUT2D eigenvalue weighted by molar-refractivity contribution is 6.03. The molecule has 1 atom stereocenters. The first-order valence-corrected chi connectivity index (χ1v) is 9.65. The van der Waals surface area contributed by atoms with Crippen LogP contribution in [0.4, 0.5) is 22.1 Å². The second-order valence-electron chi connectivity index (χ2n) is 7.13. The summed E-state index contributed by atoms with van der Waals surface area (Å²) in [5.74, 6) is 1.05. The van der Waals surface area contributed by atoms with Crippen molar-refractivity contribution in [2.75, 3.05) is 22.1 Å². The molecular formula is C21H23N7O. The second-order valence-corrected chi connectivity index (χ2v) is 7.13. The molecule has 3 aromatic heterocycles. The summed E-state index contributed by atoms with van der Waals surface area (Å²) in [6.07, 6.45) is 8.41. The van der Waals surface area contributed by atoms with Crippen molar-refractivity contribution < 1.29 is 4.79 Å². The highest BCUT2D eigenvalue weighted by Gasteiger charge is 2.28. The van der Waals surface area contributed by atoms with E-state index in [1.54, 1.807) is 23.4 Å². The predicted octanol–water partition coefficient (Wildman–Crippen LogP) is 3.87. The fourth-order valence-corrected chi connectivity index (χ4v) is 3.41. The molecule has 3 aromatic rings. The number of hydrogen-bond acceptors (Lipinski definition) is 6. The van der Waals surface area contributed by atoms with E-state index >= 15 is 0 Å². The first kappa shape index (κ1) is 18.8. The van der Waals surface area contributed by atoms with Gasteiger partial charge in [0.1, 0.15) is 12.1 Å². The molecule has 4 heterocycles. The number of aromatic nitrogens is 4. The Bertz CT molecular complexity index is 1010. The summed E-state index contributed by atoms with van der Waals surface area (Å²) in [4.78, 5) is 32.0. The van der Waals surface area contributed by atoms with Gasteiger partial charge < -0.3 is 5.32 Å². The minimum atomic E-state index is -0.270. The number of amides is 2. The highest BCUT2D eigenvalue weighted by Crippen LogP contribution is 2.32. The van der Waals surface area contributed by atoms with Crippen molar-refractivity contribution in [1.29, 1.82) is 0 Å². The van der Waals surface area contributed by atoms with E-state index in [0.717, 1.165) is 41.9 Å². The monoisotopic (exact) mass is 389 g/mol. The number of hydrogen-bond donors (Lipinski definition) is 2. The molecule has 0 radical (unpaired) electrons. The molecule has 2 N–H and O–H groups in total. The number of urea groups is 1. The maximum Gasteiger partial charge on any atom is 0.328 e. The third-order valence-electron chi connectivity index (χ3n) is 4.86. The lowest BCUT2D eigenvalue weighted by atomic mass is 10.1. The predicted molar refractivity (Wildman–Crippen MR) is 113 cm³/mol. The van der Waals surface area contributed by atoms with E-state index in [1.807, 2.05) is 38.2 Å². The van der Waals surface area contributed by atoms with Gasteiger partial charge in [0.25, 0.3) is 0 Å². The SMILES string of the molecule is Cc1cncc(-c2ccc3c(n2)N(C(=O)Nc2ccncn2)[C@H](C)CCCN3)c1. The van der Waals surface area contributed by atoms with Crippen LogP contribution in [0, 0.1) is 6.92 Å². The van der Waals surface area contributed by atoms with Gasteiger partial charge in [0.15, 0.2) is 5.82 Å². The van der Waals surface area contributed by atoms with Crippen LogP contribution in [0.25, 0.3) is 11.3 Å². The molecule has 0 aromatic carbocycles. The fourth-order valence-electron chi connectivity index (χ4n) is 3.41. The molecule has 29 heavy (non-hydrogen) atoms. The topological polar surface area (TPSA) is 95.9 Å². The number of carbonyl (C=O) groups is 1. The van der Waals surface area contributed by atoms with Crippen LogP contribution in [0.3, 0.4) is 0 Å². The number of fused-ring (bicyclic) bond motifs is 1. The minimum absolute atomic E-state index is 0.0175. The summed E-state index contributed by atoms with van der Waals surface area (Å²) in [5, 5.41) is 6.25. The van der Waals surface area contributed by atoms with Crippen LogP contribution >= 0.6 is 0 Å². The zero-order valence-corrected chi connectivity index (χ0v) is 16.5. The van der Waals surface area contributed by atoms with Crippen molar-refractivity contribution in [2.24, 2.45) is 0 Å². The van der Waals surface area contributed by atoms with Crippen LogP contribution in [0.5, 0.6) is 0 Å². The Hall–Kier alpha value is -3.55. The van der Waals surface area contributed by atoms with Crippen LogP contribution in [-0.2, 0) is 0 Å². The van der Waals surface area contributed by atoms with E-state index in [4.69, 9.17) is 4.98 Å². The Labute approximate surface area is 169 Å². The Morgan fingerprint density at radius 3 is 2.93 bits per heavy atom. The lowest BCUT2D eigenvalue weighted by Crippen LogP contribution is -2.43. The van der Waals surface area contributed by atoms with Crippen molar-refractivity contribution in [3.8, 4) is 11.3 Å². The van der Waals surface area contributed by atoms with Gasteiger partial charge in [-0.2, -0.15) is 0 Å². The molecule has 8 heteroatoms. The number of aryl methyl sites for hydroxylation is 1. The summed E-state index contributed by atoms with van der Waals surface area (Å²) < 4.78 is 0. The van der Waals surface area contributed by atoms with Gasteiger partial charge in [0.05, 0.1) is 11.4 Å². The summed E-state index contributed by atoms with van der Waals surface area (Å²) in [5.41, 5.74) is 3.58. The average molecular weight is 389 g/mol. The lowest BCUT2D eigenvalue weighted by molar-refractivity contribution is 0.254. The van der Waals surface area contributed by atoms with Crippen molar-refractivity contribution in [2.45, 2.75) is 32.7 Å². The zero-order valence-electron chi connectivity index (χ0n) is 16.5. The number of nitrogens with one attached hydrogen (secondary N) is 2. The molecule has 148 valence electrons. The Morgan fingerprint density at radius 2 is 2.14 bits per heavy atom. The van der Waals surface area contributed by atoms with E-state index < -0.39 is 0 Å². The van der Waals surface area contributed by atoms with E-state index in [1.165, 1.54) is 6.33 Å². The highest BCUT2D eigenvalue weighted by atomic mass is 16.2. The van der Waals surface area contributed by atoms with E-state index in [0.29, 0.717) is 11.6 Å². The molecule has 1 aliphatic rings. The van der Waals surface area contributed by atoms with Crippen LogP contribution in [0.1, 0.15) is 25.3 Å². The van der Waals surface area contributed by atoms with Crippen LogP contribution in [-0.4, -0.2) is 38.6 Å². The molecule has 0 fully saturated rings. The number of carbonyl (C=O) groups excluding carboxylic acids is 1. The molecule has 2 amide bonds. The van der Waals surface area contributed by atoms with Crippen molar-refractivity contribution >= 4 is 23.4 Å². The summed E-state index contributed by atoms with van der Waals surface area (Å²) in [6, 6.07) is 7.34. The normalized spacial score (nSPS) is 16.2. The van der Waals surface area contributed by atoms with Crippen LogP contribution in [0.15, 0.2) is 49.2 Å². The number of pyridine rings is 2. The average Bonchev–Trinajstić information content (AvgIpc) is 2.71.